The lowest BCUT2D eigenvalue weighted by atomic mass is 9.88. The molecule has 1 nitrogen and oxygen atoms in total. The molecule has 0 spiro atoms. The molecule has 0 aliphatic carbocycles. The zero-order valence-corrected chi connectivity index (χ0v) is 12.4. The second-order valence-electron chi connectivity index (χ2n) is 5.11. The number of nitrogens with one attached hydrogen (secondary N) is 1. The van der Waals surface area contributed by atoms with Gasteiger partial charge in [-0.05, 0) is 61.4 Å². The van der Waals surface area contributed by atoms with Crippen molar-refractivity contribution in [3.63, 3.8) is 0 Å². The Bertz CT molecular complexity index is 369. The molecule has 1 unspecified atom stereocenters. The Morgan fingerprint density at radius 2 is 2.06 bits per heavy atom. The summed E-state index contributed by atoms with van der Waals surface area (Å²) in [6.45, 7) is 6.87. The summed E-state index contributed by atoms with van der Waals surface area (Å²) in [5, 5.41) is 3.43. The fourth-order valence-electron chi connectivity index (χ4n) is 2.57. The molecule has 1 aliphatic rings. The molecule has 1 aromatic carbocycles. The fourth-order valence-corrected chi connectivity index (χ4v) is 3.36. The first-order valence-electron chi connectivity index (χ1n) is 6.72. The van der Waals surface area contributed by atoms with E-state index in [0.29, 0.717) is 5.92 Å². The van der Waals surface area contributed by atoms with E-state index in [4.69, 9.17) is 0 Å². The highest BCUT2D eigenvalue weighted by atomic mass is 79.9. The molecule has 0 radical (unpaired) electrons. The first-order chi connectivity index (χ1) is 8.22. The molecule has 0 aromatic heterocycles. The molecule has 94 valence electrons. The molecule has 1 fully saturated rings. The van der Waals surface area contributed by atoms with Crippen molar-refractivity contribution in [1.82, 2.24) is 5.32 Å². The summed E-state index contributed by atoms with van der Waals surface area (Å²) in [7, 11) is 0. The summed E-state index contributed by atoms with van der Waals surface area (Å²) in [5.74, 6) is 1.39. The smallest absolute Gasteiger partial charge is 0.0212 e. The van der Waals surface area contributed by atoms with Gasteiger partial charge < -0.3 is 5.32 Å². The maximum atomic E-state index is 3.74. The Hall–Kier alpha value is -0.340. The molecule has 2 rings (SSSR count). The van der Waals surface area contributed by atoms with Crippen LogP contribution in [0.3, 0.4) is 0 Å². The van der Waals surface area contributed by atoms with E-state index in [9.17, 15) is 0 Å². The van der Waals surface area contributed by atoms with Crippen LogP contribution in [0.2, 0.25) is 0 Å². The topological polar surface area (TPSA) is 12.0 Å². The van der Waals surface area contributed by atoms with Crippen molar-refractivity contribution in [1.29, 1.82) is 0 Å². The predicted octanol–water partition coefficient (Wildman–Crippen LogP) is 4.43. The third kappa shape index (κ3) is 3.11. The highest BCUT2D eigenvalue weighted by molar-refractivity contribution is 9.10. The van der Waals surface area contributed by atoms with E-state index < -0.39 is 0 Å². The van der Waals surface area contributed by atoms with Crippen LogP contribution in [-0.4, -0.2) is 13.1 Å². The summed E-state index contributed by atoms with van der Waals surface area (Å²) < 4.78 is 1.29. The molecule has 1 saturated heterocycles. The van der Waals surface area contributed by atoms with Crippen LogP contribution < -0.4 is 5.32 Å². The number of piperidine rings is 1. The number of halogens is 1. The monoisotopic (exact) mass is 295 g/mol. The van der Waals surface area contributed by atoms with Gasteiger partial charge in [0.1, 0.15) is 0 Å². The molecule has 0 saturated carbocycles. The van der Waals surface area contributed by atoms with Crippen LogP contribution in [0.4, 0.5) is 0 Å². The van der Waals surface area contributed by atoms with Crippen molar-refractivity contribution in [2.45, 2.75) is 44.9 Å². The van der Waals surface area contributed by atoms with E-state index in [1.54, 1.807) is 0 Å². The van der Waals surface area contributed by atoms with Crippen LogP contribution >= 0.6 is 15.9 Å². The van der Waals surface area contributed by atoms with E-state index in [2.05, 4.69) is 53.3 Å². The van der Waals surface area contributed by atoms with Crippen LogP contribution in [0.5, 0.6) is 0 Å². The zero-order valence-electron chi connectivity index (χ0n) is 10.8. The summed E-state index contributed by atoms with van der Waals surface area (Å²) in [6.07, 6.45) is 3.75. The molecular formula is C15H22BrN. The van der Waals surface area contributed by atoms with Crippen molar-refractivity contribution >= 4 is 15.9 Å². The first kappa shape index (κ1) is 13.1. The lowest BCUT2D eigenvalue weighted by Gasteiger charge is -2.24. The third-order valence-corrected chi connectivity index (χ3v) is 4.67. The summed E-state index contributed by atoms with van der Waals surface area (Å²) >= 11 is 3.74. The Labute approximate surface area is 113 Å². The average molecular weight is 296 g/mol. The van der Waals surface area contributed by atoms with Crippen molar-refractivity contribution in [2.24, 2.45) is 0 Å². The summed E-state index contributed by atoms with van der Waals surface area (Å²) in [6, 6.07) is 7.00. The van der Waals surface area contributed by atoms with Crippen molar-refractivity contribution in [2.75, 3.05) is 13.1 Å². The molecule has 1 atom stereocenters. The number of hydrogen-bond donors (Lipinski definition) is 1. The minimum atomic E-state index is 0.645. The second-order valence-corrected chi connectivity index (χ2v) is 5.97. The molecule has 0 amide bonds. The predicted molar refractivity (Wildman–Crippen MR) is 77.7 cm³/mol. The Morgan fingerprint density at radius 3 is 2.65 bits per heavy atom. The third-order valence-electron chi connectivity index (χ3n) is 3.98. The van der Waals surface area contributed by atoms with E-state index >= 15 is 0 Å². The highest BCUT2D eigenvalue weighted by Crippen LogP contribution is 2.32. The molecule has 1 N–H and O–H groups in total. The second kappa shape index (κ2) is 6.01. The van der Waals surface area contributed by atoms with Crippen LogP contribution in [0.1, 0.15) is 56.1 Å². The summed E-state index contributed by atoms with van der Waals surface area (Å²) in [5.41, 5.74) is 2.95. The lowest BCUT2D eigenvalue weighted by Crippen LogP contribution is -2.26. The van der Waals surface area contributed by atoms with Crippen LogP contribution in [-0.2, 0) is 0 Å². The molecule has 1 aromatic rings. The minimum absolute atomic E-state index is 0.645. The van der Waals surface area contributed by atoms with Gasteiger partial charge in [0, 0.05) is 4.47 Å². The SMILES string of the molecule is CCC(C)c1ccc(C2CCNCC2)cc1Br. The molecular weight excluding hydrogens is 274 g/mol. The minimum Gasteiger partial charge on any atom is -0.317 e. The van der Waals surface area contributed by atoms with Crippen LogP contribution in [0.25, 0.3) is 0 Å². The normalized spacial score (nSPS) is 19.2. The molecule has 1 aliphatic heterocycles. The van der Waals surface area contributed by atoms with E-state index in [-0.39, 0.29) is 0 Å². The van der Waals surface area contributed by atoms with Gasteiger partial charge >= 0.3 is 0 Å². The summed E-state index contributed by atoms with van der Waals surface area (Å²) in [4.78, 5) is 0. The van der Waals surface area contributed by atoms with E-state index in [0.717, 1.165) is 19.0 Å². The zero-order chi connectivity index (χ0) is 12.3. The molecule has 2 heteroatoms. The molecule has 0 bridgehead atoms. The number of benzene rings is 1. The van der Waals surface area contributed by atoms with Crippen LogP contribution in [0, 0.1) is 0 Å². The molecule has 1 heterocycles. The standard InChI is InChI=1S/C15H22BrN/c1-3-11(2)14-5-4-13(10-15(14)16)12-6-8-17-9-7-12/h4-5,10-12,17H,3,6-9H2,1-2H3. The maximum absolute atomic E-state index is 3.74. The van der Waals surface area contributed by atoms with Gasteiger partial charge in [-0.25, -0.2) is 0 Å². The Morgan fingerprint density at radius 1 is 1.35 bits per heavy atom. The van der Waals surface area contributed by atoms with Gasteiger partial charge in [0.25, 0.3) is 0 Å². The van der Waals surface area contributed by atoms with Gasteiger partial charge in [-0.3, -0.25) is 0 Å². The fraction of sp³-hybridized carbons (Fsp3) is 0.600. The van der Waals surface area contributed by atoms with Gasteiger partial charge in [-0.2, -0.15) is 0 Å². The molecule has 17 heavy (non-hydrogen) atoms. The van der Waals surface area contributed by atoms with Crippen molar-refractivity contribution in [3.8, 4) is 0 Å². The van der Waals surface area contributed by atoms with Gasteiger partial charge in [0.05, 0.1) is 0 Å². The number of hydrogen-bond acceptors (Lipinski definition) is 1. The Balaban J connectivity index is 2.17. The van der Waals surface area contributed by atoms with Gasteiger partial charge in [-0.1, -0.05) is 41.9 Å². The van der Waals surface area contributed by atoms with Crippen LogP contribution in [0.15, 0.2) is 22.7 Å². The van der Waals surface area contributed by atoms with Gasteiger partial charge in [0.2, 0.25) is 0 Å². The number of rotatable bonds is 3. The largest absolute Gasteiger partial charge is 0.317 e. The van der Waals surface area contributed by atoms with Gasteiger partial charge in [-0.15, -0.1) is 0 Å². The lowest BCUT2D eigenvalue weighted by molar-refractivity contribution is 0.460. The van der Waals surface area contributed by atoms with E-state index in [1.807, 2.05) is 0 Å². The van der Waals surface area contributed by atoms with Crippen molar-refractivity contribution in [3.05, 3.63) is 33.8 Å². The van der Waals surface area contributed by atoms with E-state index in [1.165, 1.54) is 34.9 Å². The van der Waals surface area contributed by atoms with Gasteiger partial charge in [0.15, 0.2) is 0 Å². The first-order valence-corrected chi connectivity index (χ1v) is 7.51. The quantitative estimate of drug-likeness (QED) is 0.870. The highest BCUT2D eigenvalue weighted by Gasteiger charge is 2.16. The Kier molecular flexibility index (Phi) is 4.63. The maximum Gasteiger partial charge on any atom is 0.0212 e. The average Bonchev–Trinajstić information content (AvgIpc) is 2.39. The van der Waals surface area contributed by atoms with Crippen molar-refractivity contribution < 1.29 is 0 Å².